The first kappa shape index (κ1) is 12.8. The van der Waals surface area contributed by atoms with Crippen molar-refractivity contribution >= 4 is 11.0 Å². The van der Waals surface area contributed by atoms with Crippen LogP contribution in [0.15, 0.2) is 48.8 Å². The molecule has 3 rings (SSSR count). The average Bonchev–Trinajstić information content (AvgIpc) is 2.46. The zero-order valence-corrected chi connectivity index (χ0v) is 11.5. The van der Waals surface area contributed by atoms with Crippen molar-refractivity contribution in [3.63, 3.8) is 0 Å². The molecule has 0 aliphatic heterocycles. The van der Waals surface area contributed by atoms with Gasteiger partial charge in [-0.1, -0.05) is 29.8 Å². The van der Waals surface area contributed by atoms with Gasteiger partial charge in [0.1, 0.15) is 6.10 Å². The van der Waals surface area contributed by atoms with E-state index in [0.717, 1.165) is 27.7 Å². The fraction of sp³-hybridized carbons (Fsp3) is 0.176. The summed E-state index contributed by atoms with van der Waals surface area (Å²) in [5, 5.41) is 10.6. The van der Waals surface area contributed by atoms with E-state index in [0.29, 0.717) is 0 Å². The van der Waals surface area contributed by atoms with Crippen molar-refractivity contribution in [3.8, 4) is 0 Å². The van der Waals surface area contributed by atoms with Crippen LogP contribution < -0.4 is 0 Å². The van der Waals surface area contributed by atoms with E-state index in [1.165, 1.54) is 5.56 Å². The van der Waals surface area contributed by atoms with E-state index in [-0.39, 0.29) is 0 Å². The molecule has 0 bridgehead atoms. The van der Waals surface area contributed by atoms with Crippen LogP contribution in [0, 0.1) is 13.8 Å². The third kappa shape index (κ3) is 2.28. The smallest absolute Gasteiger partial charge is 0.104 e. The Morgan fingerprint density at radius 2 is 1.65 bits per heavy atom. The van der Waals surface area contributed by atoms with Crippen molar-refractivity contribution in [2.45, 2.75) is 20.0 Å². The topological polar surface area (TPSA) is 46.0 Å². The maximum atomic E-state index is 10.6. The van der Waals surface area contributed by atoms with Gasteiger partial charge in [0, 0.05) is 12.4 Å². The van der Waals surface area contributed by atoms with Gasteiger partial charge in [-0.3, -0.25) is 9.97 Å². The molecule has 0 aliphatic carbocycles. The number of aryl methyl sites for hydroxylation is 2. The van der Waals surface area contributed by atoms with Gasteiger partial charge in [0.15, 0.2) is 0 Å². The van der Waals surface area contributed by atoms with Crippen LogP contribution in [0.4, 0.5) is 0 Å². The minimum Gasteiger partial charge on any atom is -0.384 e. The average molecular weight is 264 g/mol. The summed E-state index contributed by atoms with van der Waals surface area (Å²) in [6, 6.07) is 11.8. The summed E-state index contributed by atoms with van der Waals surface area (Å²) in [5.41, 5.74) is 5.70. The van der Waals surface area contributed by atoms with Crippen LogP contribution in [0.1, 0.15) is 28.4 Å². The largest absolute Gasteiger partial charge is 0.384 e. The lowest BCUT2D eigenvalue weighted by atomic mass is 9.96. The van der Waals surface area contributed by atoms with E-state index in [4.69, 9.17) is 0 Å². The SMILES string of the molecule is Cc1ccc(C(O)c2ccc3nccnc3c2)c(C)c1. The molecule has 3 aromatic rings. The highest BCUT2D eigenvalue weighted by molar-refractivity contribution is 5.74. The third-order valence-corrected chi connectivity index (χ3v) is 3.53. The molecule has 3 heteroatoms. The molecule has 0 fully saturated rings. The van der Waals surface area contributed by atoms with Crippen LogP contribution in [0.5, 0.6) is 0 Å². The van der Waals surface area contributed by atoms with E-state index >= 15 is 0 Å². The van der Waals surface area contributed by atoms with E-state index in [2.05, 4.69) is 23.0 Å². The highest BCUT2D eigenvalue weighted by Crippen LogP contribution is 2.26. The van der Waals surface area contributed by atoms with Gasteiger partial charge in [-0.05, 0) is 42.7 Å². The van der Waals surface area contributed by atoms with E-state index < -0.39 is 6.10 Å². The number of aliphatic hydroxyl groups excluding tert-OH is 1. The number of hydrogen-bond acceptors (Lipinski definition) is 3. The predicted molar refractivity (Wildman–Crippen MR) is 79.5 cm³/mol. The summed E-state index contributed by atoms with van der Waals surface area (Å²) >= 11 is 0. The van der Waals surface area contributed by atoms with Gasteiger partial charge in [0.2, 0.25) is 0 Å². The Hall–Kier alpha value is -2.26. The highest BCUT2D eigenvalue weighted by Gasteiger charge is 2.13. The van der Waals surface area contributed by atoms with Crippen LogP contribution in [-0.2, 0) is 0 Å². The van der Waals surface area contributed by atoms with Crippen molar-refractivity contribution < 1.29 is 5.11 Å². The normalized spacial score (nSPS) is 12.6. The van der Waals surface area contributed by atoms with Gasteiger partial charge in [0.25, 0.3) is 0 Å². The monoisotopic (exact) mass is 264 g/mol. The number of nitrogens with zero attached hydrogens (tertiary/aromatic N) is 2. The zero-order valence-electron chi connectivity index (χ0n) is 11.5. The molecule has 0 saturated heterocycles. The van der Waals surface area contributed by atoms with E-state index in [9.17, 15) is 5.11 Å². The number of aliphatic hydroxyl groups is 1. The number of fused-ring (bicyclic) bond motifs is 1. The van der Waals surface area contributed by atoms with Crippen LogP contribution >= 0.6 is 0 Å². The van der Waals surface area contributed by atoms with Crippen LogP contribution in [-0.4, -0.2) is 15.1 Å². The molecular weight excluding hydrogens is 248 g/mol. The first-order valence-electron chi connectivity index (χ1n) is 6.61. The maximum absolute atomic E-state index is 10.6. The molecule has 0 amide bonds. The second-order valence-corrected chi connectivity index (χ2v) is 5.07. The predicted octanol–water partition coefficient (Wildman–Crippen LogP) is 3.33. The zero-order chi connectivity index (χ0) is 14.1. The van der Waals surface area contributed by atoms with Gasteiger partial charge >= 0.3 is 0 Å². The molecule has 20 heavy (non-hydrogen) atoms. The Labute approximate surface area is 117 Å². The second-order valence-electron chi connectivity index (χ2n) is 5.07. The molecule has 3 nitrogen and oxygen atoms in total. The summed E-state index contributed by atoms with van der Waals surface area (Å²) in [6.07, 6.45) is 2.69. The van der Waals surface area contributed by atoms with Crippen molar-refractivity contribution in [1.29, 1.82) is 0 Å². The van der Waals surface area contributed by atoms with Crippen molar-refractivity contribution in [2.75, 3.05) is 0 Å². The summed E-state index contributed by atoms with van der Waals surface area (Å²) in [6.45, 7) is 4.07. The summed E-state index contributed by atoms with van der Waals surface area (Å²) in [4.78, 5) is 8.52. The lowest BCUT2D eigenvalue weighted by Gasteiger charge is -2.15. The maximum Gasteiger partial charge on any atom is 0.104 e. The Kier molecular flexibility index (Phi) is 3.20. The first-order chi connectivity index (χ1) is 9.65. The minimum absolute atomic E-state index is 0.637. The van der Waals surface area contributed by atoms with Crippen molar-refractivity contribution in [1.82, 2.24) is 9.97 Å². The van der Waals surface area contributed by atoms with Crippen molar-refractivity contribution in [2.24, 2.45) is 0 Å². The highest BCUT2D eigenvalue weighted by atomic mass is 16.3. The number of aromatic nitrogens is 2. The molecule has 1 atom stereocenters. The van der Waals surface area contributed by atoms with E-state index in [1.807, 2.05) is 37.3 Å². The number of rotatable bonds is 2. The molecule has 2 aromatic carbocycles. The molecule has 1 heterocycles. The molecular formula is C17H16N2O. The Morgan fingerprint density at radius 1 is 0.900 bits per heavy atom. The molecule has 0 radical (unpaired) electrons. The van der Waals surface area contributed by atoms with Crippen LogP contribution in [0.25, 0.3) is 11.0 Å². The summed E-state index contributed by atoms with van der Waals surface area (Å²) < 4.78 is 0. The lowest BCUT2D eigenvalue weighted by Crippen LogP contribution is -2.02. The van der Waals surface area contributed by atoms with Gasteiger partial charge in [-0.2, -0.15) is 0 Å². The van der Waals surface area contributed by atoms with Gasteiger partial charge < -0.3 is 5.11 Å². The molecule has 1 aromatic heterocycles. The molecule has 0 aliphatic rings. The molecule has 0 spiro atoms. The summed E-state index contributed by atoms with van der Waals surface area (Å²) in [5.74, 6) is 0. The fourth-order valence-electron chi connectivity index (χ4n) is 2.46. The van der Waals surface area contributed by atoms with Gasteiger partial charge in [-0.25, -0.2) is 0 Å². The minimum atomic E-state index is -0.637. The quantitative estimate of drug-likeness (QED) is 0.772. The van der Waals surface area contributed by atoms with Crippen LogP contribution in [0.3, 0.4) is 0 Å². The van der Waals surface area contributed by atoms with Gasteiger partial charge in [0.05, 0.1) is 11.0 Å². The Morgan fingerprint density at radius 3 is 2.40 bits per heavy atom. The van der Waals surface area contributed by atoms with Crippen molar-refractivity contribution in [3.05, 3.63) is 71.0 Å². The fourth-order valence-corrected chi connectivity index (χ4v) is 2.46. The molecule has 100 valence electrons. The number of hydrogen-bond donors (Lipinski definition) is 1. The van der Waals surface area contributed by atoms with Crippen LogP contribution in [0.2, 0.25) is 0 Å². The van der Waals surface area contributed by atoms with E-state index in [1.54, 1.807) is 12.4 Å². The molecule has 1 unspecified atom stereocenters. The number of benzene rings is 2. The third-order valence-electron chi connectivity index (χ3n) is 3.53. The Balaban J connectivity index is 2.05. The summed E-state index contributed by atoms with van der Waals surface area (Å²) in [7, 11) is 0. The second kappa shape index (κ2) is 5.02. The lowest BCUT2D eigenvalue weighted by molar-refractivity contribution is 0.219. The standard InChI is InChI=1S/C17H16N2O/c1-11-3-5-14(12(2)9-11)17(20)13-4-6-15-16(10-13)19-8-7-18-15/h3-10,17,20H,1-2H3. The molecule has 0 saturated carbocycles. The van der Waals surface area contributed by atoms with Gasteiger partial charge in [-0.15, -0.1) is 0 Å². The first-order valence-corrected chi connectivity index (χ1v) is 6.61. The Bertz CT molecular complexity index is 768. The molecule has 1 N–H and O–H groups in total.